The van der Waals surface area contributed by atoms with Crippen molar-refractivity contribution in [1.82, 2.24) is 0 Å². The number of ether oxygens (including phenoxy) is 1. The van der Waals surface area contributed by atoms with Gasteiger partial charge in [0, 0.05) is 12.5 Å². The summed E-state index contributed by atoms with van der Waals surface area (Å²) < 4.78 is 5.79. The molecular formula is C11H20BrNO2. The van der Waals surface area contributed by atoms with Gasteiger partial charge in [0.25, 0.3) is 0 Å². The Morgan fingerprint density at radius 1 is 1.53 bits per heavy atom. The van der Waals surface area contributed by atoms with Gasteiger partial charge >= 0.3 is 5.97 Å². The molecule has 0 aromatic rings. The highest BCUT2D eigenvalue weighted by Crippen LogP contribution is 2.09. The van der Waals surface area contributed by atoms with Gasteiger partial charge in [0.15, 0.2) is 0 Å². The minimum Gasteiger partial charge on any atom is -1.00 e. The lowest BCUT2D eigenvalue weighted by Crippen LogP contribution is -3.00. The average molecular weight is 278 g/mol. The first kappa shape index (κ1) is 16.8. The number of esters is 1. The maximum atomic E-state index is 11.2. The number of rotatable bonds is 5. The van der Waals surface area contributed by atoms with Crippen LogP contribution in [0.2, 0.25) is 0 Å². The molecule has 0 saturated heterocycles. The van der Waals surface area contributed by atoms with Crippen molar-refractivity contribution in [3.05, 3.63) is 24.8 Å². The number of halogens is 1. The summed E-state index contributed by atoms with van der Waals surface area (Å²) in [6.45, 7) is 11.5. The van der Waals surface area contributed by atoms with E-state index in [-0.39, 0.29) is 29.2 Å². The fourth-order valence-electron chi connectivity index (χ4n) is 0.879. The molecule has 0 aliphatic carbocycles. The number of hydrogen-bond donors (Lipinski definition) is 0. The molecule has 0 aromatic heterocycles. The summed E-state index contributed by atoms with van der Waals surface area (Å²) in [5, 5.41) is 0. The Balaban J connectivity index is 0. The van der Waals surface area contributed by atoms with Crippen molar-refractivity contribution in [1.29, 1.82) is 0 Å². The predicted octanol–water partition coefficient (Wildman–Crippen LogP) is -1.28. The van der Waals surface area contributed by atoms with Crippen molar-refractivity contribution in [3.8, 4) is 0 Å². The van der Waals surface area contributed by atoms with Crippen molar-refractivity contribution in [2.45, 2.75) is 20.1 Å². The van der Waals surface area contributed by atoms with Gasteiger partial charge in [-0.3, -0.25) is 4.48 Å². The van der Waals surface area contributed by atoms with Crippen LogP contribution in [-0.4, -0.2) is 37.3 Å². The molecule has 1 atom stereocenters. The van der Waals surface area contributed by atoms with Crippen LogP contribution in [-0.2, 0) is 9.53 Å². The second-order valence-electron chi connectivity index (χ2n) is 4.03. The summed E-state index contributed by atoms with van der Waals surface area (Å²) in [5.41, 5.74) is 0.426. The number of carbonyl (C=O) groups excluding carboxylic acids is 1. The number of likely N-dealkylation sites (N-methyl/N-ethyl adjacent to an activating group) is 1. The lowest BCUT2D eigenvalue weighted by Gasteiger charge is -2.33. The summed E-state index contributed by atoms with van der Waals surface area (Å²) in [6.07, 6.45) is 1.61. The first-order valence-electron chi connectivity index (χ1n) is 4.61. The van der Waals surface area contributed by atoms with E-state index in [2.05, 4.69) is 13.2 Å². The van der Waals surface area contributed by atoms with E-state index in [1.54, 1.807) is 6.92 Å². The fraction of sp³-hybridized carbons (Fsp3) is 0.545. The van der Waals surface area contributed by atoms with E-state index in [1.807, 2.05) is 27.1 Å². The Morgan fingerprint density at radius 2 is 2.00 bits per heavy atom. The number of hydrogen-bond acceptors (Lipinski definition) is 2. The van der Waals surface area contributed by atoms with Crippen molar-refractivity contribution >= 4 is 5.97 Å². The van der Waals surface area contributed by atoms with Gasteiger partial charge in [-0.25, -0.2) is 4.79 Å². The van der Waals surface area contributed by atoms with Crippen LogP contribution in [0.25, 0.3) is 0 Å². The normalized spacial score (nSPS) is 12.3. The Kier molecular flexibility index (Phi) is 7.62. The Bertz CT molecular complexity index is 249. The molecule has 0 bridgehead atoms. The zero-order chi connectivity index (χ0) is 11.4. The van der Waals surface area contributed by atoms with Gasteiger partial charge in [-0.15, -0.1) is 0 Å². The molecule has 3 nitrogen and oxygen atoms in total. The third kappa shape index (κ3) is 5.74. The van der Waals surface area contributed by atoms with E-state index < -0.39 is 0 Å². The van der Waals surface area contributed by atoms with Gasteiger partial charge in [0.05, 0.1) is 20.6 Å². The van der Waals surface area contributed by atoms with Gasteiger partial charge in [0.2, 0.25) is 6.23 Å². The minimum absolute atomic E-state index is 0. The van der Waals surface area contributed by atoms with Gasteiger partial charge in [-0.2, -0.15) is 0 Å². The molecule has 0 rings (SSSR count). The standard InChI is InChI=1S/C11H20NO2.BrH/c1-7-8-12(5,6)10(4)14-11(13)9(2)3;/h7,10H,1-2,8H2,3-6H3;1H/q+1;/p-1. The maximum absolute atomic E-state index is 11.2. The van der Waals surface area contributed by atoms with Crippen LogP contribution < -0.4 is 17.0 Å². The zero-order valence-electron chi connectivity index (χ0n) is 9.92. The van der Waals surface area contributed by atoms with Crippen LogP contribution in [0, 0.1) is 0 Å². The average Bonchev–Trinajstić information content (AvgIpc) is 2.03. The third-order valence-electron chi connectivity index (χ3n) is 2.21. The number of quaternary nitrogens is 1. The molecule has 0 saturated carbocycles. The summed E-state index contributed by atoms with van der Waals surface area (Å²) in [6, 6.07) is 0. The molecule has 88 valence electrons. The molecule has 0 N–H and O–H groups in total. The van der Waals surface area contributed by atoms with Gasteiger partial charge in [-0.1, -0.05) is 13.2 Å². The largest absolute Gasteiger partial charge is 1.00 e. The van der Waals surface area contributed by atoms with Crippen LogP contribution in [0.3, 0.4) is 0 Å². The van der Waals surface area contributed by atoms with E-state index in [0.717, 1.165) is 6.54 Å². The predicted molar refractivity (Wildman–Crippen MR) is 57.5 cm³/mol. The Hall–Kier alpha value is -0.610. The maximum Gasteiger partial charge on any atom is 0.337 e. The molecular weight excluding hydrogens is 258 g/mol. The van der Waals surface area contributed by atoms with E-state index in [4.69, 9.17) is 4.74 Å². The van der Waals surface area contributed by atoms with Crippen LogP contribution in [0.15, 0.2) is 24.8 Å². The Morgan fingerprint density at radius 3 is 2.33 bits per heavy atom. The molecule has 1 unspecified atom stereocenters. The Labute approximate surface area is 103 Å². The van der Waals surface area contributed by atoms with Gasteiger partial charge < -0.3 is 21.7 Å². The van der Waals surface area contributed by atoms with Crippen LogP contribution in [0.4, 0.5) is 0 Å². The minimum atomic E-state index is -0.340. The molecule has 0 fully saturated rings. The number of nitrogens with zero attached hydrogens (tertiary/aromatic N) is 1. The molecule has 0 aromatic carbocycles. The first-order valence-corrected chi connectivity index (χ1v) is 4.61. The second kappa shape index (κ2) is 6.80. The van der Waals surface area contributed by atoms with Crippen molar-refractivity contribution < 1.29 is 31.0 Å². The van der Waals surface area contributed by atoms with Crippen molar-refractivity contribution in [3.63, 3.8) is 0 Å². The van der Waals surface area contributed by atoms with Gasteiger partial charge in [-0.05, 0) is 13.0 Å². The van der Waals surface area contributed by atoms with E-state index in [9.17, 15) is 4.79 Å². The third-order valence-corrected chi connectivity index (χ3v) is 2.21. The lowest BCUT2D eigenvalue weighted by atomic mass is 10.3. The molecule has 0 radical (unpaired) electrons. The van der Waals surface area contributed by atoms with Crippen LogP contribution in [0.1, 0.15) is 13.8 Å². The fourth-order valence-corrected chi connectivity index (χ4v) is 0.879. The zero-order valence-corrected chi connectivity index (χ0v) is 11.5. The molecule has 0 aliphatic rings. The quantitative estimate of drug-likeness (QED) is 0.206. The van der Waals surface area contributed by atoms with Crippen molar-refractivity contribution in [2.24, 2.45) is 0 Å². The lowest BCUT2D eigenvalue weighted by molar-refractivity contribution is -0.927. The molecule has 15 heavy (non-hydrogen) atoms. The van der Waals surface area contributed by atoms with Crippen LogP contribution in [0.5, 0.6) is 0 Å². The summed E-state index contributed by atoms with van der Waals surface area (Å²) in [5.74, 6) is -0.340. The van der Waals surface area contributed by atoms with E-state index in [0.29, 0.717) is 10.1 Å². The van der Waals surface area contributed by atoms with E-state index >= 15 is 0 Å². The van der Waals surface area contributed by atoms with Crippen molar-refractivity contribution in [2.75, 3.05) is 20.6 Å². The molecule has 0 aliphatic heterocycles. The first-order chi connectivity index (χ1) is 6.31. The SMILES string of the molecule is C=CC[N+](C)(C)C(C)OC(=O)C(=C)C.[Br-]. The highest BCUT2D eigenvalue weighted by atomic mass is 79.9. The molecule has 0 amide bonds. The van der Waals surface area contributed by atoms with Crippen LogP contribution >= 0.6 is 0 Å². The highest BCUT2D eigenvalue weighted by Gasteiger charge is 2.25. The smallest absolute Gasteiger partial charge is 0.337 e. The monoisotopic (exact) mass is 277 g/mol. The number of carbonyl (C=O) groups is 1. The second-order valence-corrected chi connectivity index (χ2v) is 4.03. The molecule has 0 spiro atoms. The van der Waals surface area contributed by atoms with Gasteiger partial charge in [0.1, 0.15) is 0 Å². The summed E-state index contributed by atoms with van der Waals surface area (Å²) in [4.78, 5) is 11.2. The topological polar surface area (TPSA) is 26.3 Å². The highest BCUT2D eigenvalue weighted by molar-refractivity contribution is 5.86. The van der Waals surface area contributed by atoms with E-state index in [1.165, 1.54) is 0 Å². The molecule has 0 heterocycles. The summed E-state index contributed by atoms with van der Waals surface area (Å²) in [7, 11) is 3.97. The molecule has 4 heteroatoms. The summed E-state index contributed by atoms with van der Waals surface area (Å²) >= 11 is 0.